The van der Waals surface area contributed by atoms with Crippen LogP contribution in [0.15, 0.2) is 107 Å². The maximum atomic E-state index is 13.4. The molecular formula is C30H23Cl2F3N4O5S. The first-order valence-corrected chi connectivity index (χ1v) is 15.1. The summed E-state index contributed by atoms with van der Waals surface area (Å²) in [6.07, 6.45) is -3.55. The highest BCUT2D eigenvalue weighted by molar-refractivity contribution is 7.92. The van der Waals surface area contributed by atoms with Gasteiger partial charge in [-0.3, -0.25) is 13.9 Å². The minimum Gasteiger partial charge on any atom is -0.484 e. The molecule has 0 fully saturated rings. The number of carbonyl (C=O) groups excluding carboxylic acids is 2. The van der Waals surface area contributed by atoms with E-state index in [9.17, 15) is 31.2 Å². The minimum absolute atomic E-state index is 0.265. The number of carbonyl (C=O) groups is 2. The van der Waals surface area contributed by atoms with Crippen LogP contribution in [0.4, 0.5) is 24.5 Å². The van der Waals surface area contributed by atoms with Gasteiger partial charge in [0.05, 0.1) is 38.1 Å². The van der Waals surface area contributed by atoms with Gasteiger partial charge in [-0.05, 0) is 72.3 Å². The molecule has 234 valence electrons. The molecular weight excluding hydrogens is 656 g/mol. The Bertz CT molecular complexity index is 1810. The van der Waals surface area contributed by atoms with E-state index in [1.165, 1.54) is 30.5 Å². The van der Waals surface area contributed by atoms with Crippen LogP contribution in [-0.4, -0.2) is 39.6 Å². The first kappa shape index (κ1) is 33.3. The van der Waals surface area contributed by atoms with Crippen molar-refractivity contribution in [3.8, 4) is 5.75 Å². The minimum atomic E-state index is -4.79. The Morgan fingerprint density at radius 2 is 1.53 bits per heavy atom. The van der Waals surface area contributed by atoms with Crippen LogP contribution in [0, 0.1) is 0 Å². The van der Waals surface area contributed by atoms with E-state index in [0.717, 1.165) is 6.07 Å². The second kappa shape index (κ2) is 14.5. The van der Waals surface area contributed by atoms with E-state index < -0.39 is 45.8 Å². The SMILES string of the molecule is O=C(CN(c1cc(C(F)(F)F)ccc1Cl)S(=O)(=O)c1ccccc1)N/N=C/c1ccc(OCC(=O)Nc2ccccc2Cl)cc1. The third-order valence-corrected chi connectivity index (χ3v) is 8.38. The molecule has 2 amide bonds. The smallest absolute Gasteiger partial charge is 0.416 e. The van der Waals surface area contributed by atoms with Gasteiger partial charge in [0.15, 0.2) is 6.61 Å². The third kappa shape index (κ3) is 8.97. The van der Waals surface area contributed by atoms with Crippen LogP contribution in [0.2, 0.25) is 10.0 Å². The molecule has 0 saturated heterocycles. The van der Waals surface area contributed by atoms with Crippen LogP contribution in [0.5, 0.6) is 5.75 Å². The quantitative estimate of drug-likeness (QED) is 0.141. The van der Waals surface area contributed by atoms with Crippen LogP contribution in [0.1, 0.15) is 11.1 Å². The highest BCUT2D eigenvalue weighted by Crippen LogP contribution is 2.37. The molecule has 0 unspecified atom stereocenters. The van der Waals surface area contributed by atoms with Gasteiger partial charge in [0.1, 0.15) is 12.3 Å². The molecule has 0 aromatic heterocycles. The van der Waals surface area contributed by atoms with Crippen LogP contribution >= 0.6 is 23.2 Å². The van der Waals surface area contributed by atoms with Gasteiger partial charge < -0.3 is 10.1 Å². The summed E-state index contributed by atoms with van der Waals surface area (Å²) in [5.41, 5.74) is 1.42. The van der Waals surface area contributed by atoms with Crippen molar-refractivity contribution in [3.05, 3.63) is 118 Å². The van der Waals surface area contributed by atoms with Crippen molar-refractivity contribution in [1.82, 2.24) is 5.43 Å². The standard InChI is InChI=1S/C30H23Cl2F3N4O5S/c31-24-8-4-5-9-26(24)37-29(41)19-44-22-13-10-20(11-14-22)17-36-38-28(40)18-39(45(42,43)23-6-2-1-3-7-23)27-16-21(30(33,34)35)12-15-25(27)32/h1-17H,18-19H2,(H,37,41)(H,38,40)/b36-17+. The van der Waals surface area contributed by atoms with Gasteiger partial charge in [0.2, 0.25) is 0 Å². The van der Waals surface area contributed by atoms with E-state index in [1.807, 2.05) is 0 Å². The summed E-state index contributed by atoms with van der Waals surface area (Å²) in [6, 6.07) is 22.0. The van der Waals surface area contributed by atoms with E-state index in [-0.39, 0.29) is 16.5 Å². The lowest BCUT2D eigenvalue weighted by molar-refractivity contribution is -0.137. The molecule has 0 bridgehead atoms. The maximum absolute atomic E-state index is 13.4. The zero-order valence-electron chi connectivity index (χ0n) is 23.0. The molecule has 0 aliphatic rings. The number of halogens is 5. The number of ether oxygens (including phenoxy) is 1. The monoisotopic (exact) mass is 678 g/mol. The molecule has 0 heterocycles. The number of para-hydroxylation sites is 1. The average Bonchev–Trinajstić information content (AvgIpc) is 3.01. The fourth-order valence-corrected chi connectivity index (χ4v) is 5.70. The molecule has 0 spiro atoms. The second-order valence-electron chi connectivity index (χ2n) is 9.17. The number of benzene rings is 4. The summed E-state index contributed by atoms with van der Waals surface area (Å²) < 4.78 is 73.1. The average molecular weight is 680 g/mol. The molecule has 9 nitrogen and oxygen atoms in total. The zero-order valence-corrected chi connectivity index (χ0v) is 25.3. The summed E-state index contributed by atoms with van der Waals surface area (Å²) in [5.74, 6) is -1.01. The molecule has 15 heteroatoms. The number of nitrogens with zero attached hydrogens (tertiary/aromatic N) is 2. The first-order valence-electron chi connectivity index (χ1n) is 12.9. The summed E-state index contributed by atoms with van der Waals surface area (Å²) in [5, 5.41) is 6.50. The van der Waals surface area contributed by atoms with Crippen molar-refractivity contribution in [3.63, 3.8) is 0 Å². The Kier molecular flexibility index (Phi) is 10.7. The lowest BCUT2D eigenvalue weighted by Gasteiger charge is -2.25. The molecule has 2 N–H and O–H groups in total. The molecule has 4 rings (SSSR count). The molecule has 4 aromatic carbocycles. The van der Waals surface area contributed by atoms with E-state index in [4.69, 9.17) is 27.9 Å². The van der Waals surface area contributed by atoms with E-state index in [1.54, 1.807) is 54.6 Å². The summed E-state index contributed by atoms with van der Waals surface area (Å²) >= 11 is 12.1. The molecule has 45 heavy (non-hydrogen) atoms. The molecule has 0 aliphatic heterocycles. The van der Waals surface area contributed by atoms with Crippen LogP contribution < -0.4 is 19.8 Å². The topological polar surface area (TPSA) is 117 Å². The fraction of sp³-hybridized carbons (Fsp3) is 0.100. The van der Waals surface area contributed by atoms with Crippen LogP contribution in [0.3, 0.4) is 0 Å². The molecule has 0 radical (unpaired) electrons. The number of hydrogen-bond donors (Lipinski definition) is 2. The molecule has 4 aromatic rings. The van der Waals surface area contributed by atoms with Gasteiger partial charge in [-0.2, -0.15) is 18.3 Å². The number of rotatable bonds is 11. The van der Waals surface area contributed by atoms with Crippen molar-refractivity contribution >= 4 is 62.6 Å². The fourth-order valence-electron chi connectivity index (χ4n) is 3.79. The normalized spacial score (nSPS) is 11.7. The summed E-state index contributed by atoms with van der Waals surface area (Å²) in [7, 11) is -4.53. The number of nitrogens with one attached hydrogen (secondary N) is 2. The lowest BCUT2D eigenvalue weighted by Crippen LogP contribution is -2.40. The van der Waals surface area contributed by atoms with Crippen molar-refractivity contribution in [1.29, 1.82) is 0 Å². The number of amides is 2. The van der Waals surface area contributed by atoms with E-state index in [0.29, 0.717) is 38.5 Å². The number of hydrazone groups is 1. The van der Waals surface area contributed by atoms with Crippen LogP contribution in [0.25, 0.3) is 0 Å². The summed E-state index contributed by atoms with van der Waals surface area (Å²) in [6.45, 7) is -1.22. The Morgan fingerprint density at radius 3 is 2.20 bits per heavy atom. The molecule has 0 aliphatic carbocycles. The van der Waals surface area contributed by atoms with Gasteiger partial charge in [0.25, 0.3) is 21.8 Å². The van der Waals surface area contributed by atoms with Gasteiger partial charge in [-0.1, -0.05) is 53.5 Å². The van der Waals surface area contributed by atoms with Crippen molar-refractivity contribution in [2.75, 3.05) is 22.8 Å². The molecule has 0 saturated carbocycles. The van der Waals surface area contributed by atoms with Crippen molar-refractivity contribution in [2.24, 2.45) is 5.10 Å². The summed E-state index contributed by atoms with van der Waals surface area (Å²) in [4.78, 5) is 24.7. The van der Waals surface area contributed by atoms with Gasteiger partial charge in [-0.25, -0.2) is 13.8 Å². The highest BCUT2D eigenvalue weighted by Gasteiger charge is 2.34. The third-order valence-electron chi connectivity index (χ3n) is 5.96. The Morgan fingerprint density at radius 1 is 0.867 bits per heavy atom. The lowest BCUT2D eigenvalue weighted by atomic mass is 10.2. The zero-order chi connectivity index (χ0) is 32.6. The Balaban J connectivity index is 1.42. The number of hydrogen-bond acceptors (Lipinski definition) is 6. The van der Waals surface area contributed by atoms with E-state index in [2.05, 4.69) is 15.8 Å². The van der Waals surface area contributed by atoms with E-state index >= 15 is 0 Å². The van der Waals surface area contributed by atoms with Crippen molar-refractivity contribution < 1.29 is 35.9 Å². The van der Waals surface area contributed by atoms with Crippen molar-refractivity contribution in [2.45, 2.75) is 11.1 Å². The number of anilines is 2. The molecule has 0 atom stereocenters. The van der Waals surface area contributed by atoms with Gasteiger partial charge in [0, 0.05) is 0 Å². The highest BCUT2D eigenvalue weighted by atomic mass is 35.5. The van der Waals surface area contributed by atoms with Gasteiger partial charge in [-0.15, -0.1) is 0 Å². The number of sulfonamides is 1. The van der Waals surface area contributed by atoms with Gasteiger partial charge >= 0.3 is 6.18 Å². The second-order valence-corrected chi connectivity index (χ2v) is 11.8. The largest absolute Gasteiger partial charge is 0.484 e. The predicted octanol–water partition coefficient (Wildman–Crippen LogP) is 6.38. The maximum Gasteiger partial charge on any atom is 0.416 e. The van der Waals surface area contributed by atoms with Crippen LogP contribution in [-0.2, 0) is 25.8 Å². The number of alkyl halides is 3. The predicted molar refractivity (Wildman–Crippen MR) is 165 cm³/mol. The Labute approximate surface area is 266 Å². The Hall–Kier alpha value is -4.59. The first-order chi connectivity index (χ1) is 21.3.